The van der Waals surface area contributed by atoms with Gasteiger partial charge in [-0.05, 0) is 47.9 Å². The smallest absolute Gasteiger partial charge is 0.171 e. The van der Waals surface area contributed by atoms with E-state index in [0.29, 0.717) is 6.04 Å². The number of benzene rings is 1. The molecule has 1 atom stereocenters. The highest BCUT2D eigenvalue weighted by Gasteiger charge is 2.26. The van der Waals surface area contributed by atoms with Gasteiger partial charge in [-0.15, -0.1) is 23.7 Å². The number of hydrogen-bond acceptors (Lipinski definition) is 5. The molecule has 3 aromatic rings. The Morgan fingerprint density at radius 1 is 1.19 bits per heavy atom. The average Bonchev–Trinajstić information content (AvgIpc) is 3.10. The molecule has 27 heavy (non-hydrogen) atoms. The first-order valence-corrected chi connectivity index (χ1v) is 10.1. The fraction of sp³-hybridized carbons (Fsp3) is 0.381. The van der Waals surface area contributed by atoms with Crippen LogP contribution in [0, 0.1) is 0 Å². The van der Waals surface area contributed by atoms with Gasteiger partial charge in [-0.25, -0.2) is 4.98 Å². The summed E-state index contributed by atoms with van der Waals surface area (Å²) < 4.78 is 6.87. The zero-order valence-electron chi connectivity index (χ0n) is 15.8. The van der Waals surface area contributed by atoms with Crippen LogP contribution in [0.25, 0.3) is 10.1 Å². The standard InChI is InChI=1S/C21H25N3OS.ClH/c1-16-14-24(21-19(25-2)7-5-10-22-21)13-12-23(16)11-9-17-15-26-20-8-4-3-6-18(17)20;/h3-8,10,15-16H,9,11-14H2,1-2H3;1H. The molecule has 144 valence electrons. The molecule has 1 unspecified atom stereocenters. The van der Waals surface area contributed by atoms with Crippen LogP contribution < -0.4 is 9.64 Å². The lowest BCUT2D eigenvalue weighted by molar-refractivity contribution is 0.191. The molecule has 0 aliphatic carbocycles. The molecule has 2 aromatic heterocycles. The van der Waals surface area contributed by atoms with E-state index >= 15 is 0 Å². The van der Waals surface area contributed by atoms with Crippen LogP contribution in [-0.2, 0) is 6.42 Å². The first-order chi connectivity index (χ1) is 12.8. The van der Waals surface area contributed by atoms with Gasteiger partial charge in [0.1, 0.15) is 0 Å². The van der Waals surface area contributed by atoms with E-state index in [4.69, 9.17) is 4.74 Å². The fourth-order valence-corrected chi connectivity index (χ4v) is 4.79. The van der Waals surface area contributed by atoms with Crippen LogP contribution in [0.1, 0.15) is 12.5 Å². The Balaban J connectivity index is 0.00000210. The monoisotopic (exact) mass is 403 g/mol. The number of pyridine rings is 1. The highest BCUT2D eigenvalue weighted by atomic mass is 35.5. The fourth-order valence-electron chi connectivity index (χ4n) is 3.79. The Labute approximate surface area is 171 Å². The van der Waals surface area contributed by atoms with Crippen molar-refractivity contribution < 1.29 is 4.74 Å². The van der Waals surface area contributed by atoms with Gasteiger partial charge in [-0.2, -0.15) is 0 Å². The topological polar surface area (TPSA) is 28.6 Å². The minimum Gasteiger partial charge on any atom is -0.493 e. The number of aromatic nitrogens is 1. The summed E-state index contributed by atoms with van der Waals surface area (Å²) in [5.41, 5.74) is 1.48. The quantitative estimate of drug-likeness (QED) is 0.628. The number of piperazine rings is 1. The number of halogens is 1. The highest BCUT2D eigenvalue weighted by molar-refractivity contribution is 7.17. The third-order valence-electron chi connectivity index (χ3n) is 5.26. The number of nitrogens with zero attached hydrogens (tertiary/aromatic N) is 3. The molecule has 1 fully saturated rings. The second kappa shape index (κ2) is 8.91. The summed E-state index contributed by atoms with van der Waals surface area (Å²) in [6.45, 7) is 6.45. The van der Waals surface area contributed by atoms with Gasteiger partial charge >= 0.3 is 0 Å². The van der Waals surface area contributed by atoms with E-state index in [9.17, 15) is 0 Å². The second-order valence-corrected chi connectivity index (χ2v) is 7.78. The molecule has 0 saturated carbocycles. The van der Waals surface area contributed by atoms with E-state index in [1.807, 2.05) is 29.7 Å². The molecule has 3 heterocycles. The Kier molecular flexibility index (Phi) is 6.58. The number of hydrogen-bond donors (Lipinski definition) is 0. The largest absolute Gasteiger partial charge is 0.493 e. The Morgan fingerprint density at radius 3 is 2.85 bits per heavy atom. The zero-order valence-corrected chi connectivity index (χ0v) is 17.4. The molecular formula is C21H26ClN3OS. The Morgan fingerprint density at radius 2 is 2.04 bits per heavy atom. The molecule has 0 N–H and O–H groups in total. The number of anilines is 1. The minimum absolute atomic E-state index is 0. The molecule has 4 rings (SSSR count). The maximum absolute atomic E-state index is 5.48. The molecular weight excluding hydrogens is 378 g/mol. The van der Waals surface area contributed by atoms with Crippen molar-refractivity contribution in [2.24, 2.45) is 0 Å². The normalized spacial score (nSPS) is 17.7. The van der Waals surface area contributed by atoms with Gasteiger partial charge in [-0.1, -0.05) is 18.2 Å². The van der Waals surface area contributed by atoms with Gasteiger partial charge in [0.2, 0.25) is 0 Å². The Hall–Kier alpha value is -1.82. The summed E-state index contributed by atoms with van der Waals surface area (Å²) in [5.74, 6) is 1.82. The van der Waals surface area contributed by atoms with E-state index in [1.165, 1.54) is 15.6 Å². The van der Waals surface area contributed by atoms with E-state index in [1.54, 1.807) is 7.11 Å². The predicted molar refractivity (Wildman–Crippen MR) is 117 cm³/mol. The molecule has 1 aliphatic heterocycles. The van der Waals surface area contributed by atoms with Crippen molar-refractivity contribution in [3.63, 3.8) is 0 Å². The van der Waals surface area contributed by atoms with Crippen molar-refractivity contribution in [3.05, 3.63) is 53.5 Å². The van der Waals surface area contributed by atoms with E-state index < -0.39 is 0 Å². The summed E-state index contributed by atoms with van der Waals surface area (Å²) in [6.07, 6.45) is 2.96. The van der Waals surface area contributed by atoms with Crippen LogP contribution in [0.4, 0.5) is 5.82 Å². The van der Waals surface area contributed by atoms with Gasteiger partial charge < -0.3 is 9.64 Å². The first-order valence-electron chi connectivity index (χ1n) is 9.19. The third kappa shape index (κ3) is 4.21. The lowest BCUT2D eigenvalue weighted by Gasteiger charge is -2.40. The summed E-state index contributed by atoms with van der Waals surface area (Å²) in [6, 6.07) is 13.1. The summed E-state index contributed by atoms with van der Waals surface area (Å²) in [7, 11) is 1.71. The average molecular weight is 404 g/mol. The van der Waals surface area contributed by atoms with Gasteiger partial charge in [0.25, 0.3) is 0 Å². The highest BCUT2D eigenvalue weighted by Crippen LogP contribution is 2.28. The van der Waals surface area contributed by atoms with Crippen molar-refractivity contribution in [2.75, 3.05) is 38.2 Å². The number of methoxy groups -OCH3 is 1. The van der Waals surface area contributed by atoms with Gasteiger partial charge in [0.15, 0.2) is 11.6 Å². The number of ether oxygens (including phenoxy) is 1. The summed E-state index contributed by atoms with van der Waals surface area (Å²) >= 11 is 1.85. The Bertz CT molecular complexity index is 884. The van der Waals surface area contributed by atoms with Gasteiger partial charge in [0.05, 0.1) is 7.11 Å². The predicted octanol–water partition coefficient (Wildman–Crippen LogP) is 4.48. The lowest BCUT2D eigenvalue weighted by Crippen LogP contribution is -2.52. The zero-order chi connectivity index (χ0) is 17.9. The minimum atomic E-state index is 0. The van der Waals surface area contributed by atoms with Crippen LogP contribution in [0.3, 0.4) is 0 Å². The molecule has 0 bridgehead atoms. The number of thiophene rings is 1. The SMILES string of the molecule is COc1cccnc1N1CCN(CCc2csc3ccccc23)C(C)C1.Cl. The number of rotatable bonds is 5. The third-order valence-corrected chi connectivity index (χ3v) is 6.28. The van der Waals surface area contributed by atoms with Crippen molar-refractivity contribution in [3.8, 4) is 5.75 Å². The lowest BCUT2D eigenvalue weighted by atomic mass is 10.1. The molecule has 0 amide bonds. The van der Waals surface area contributed by atoms with Crippen LogP contribution in [0.2, 0.25) is 0 Å². The second-order valence-electron chi connectivity index (χ2n) is 6.87. The first kappa shape index (κ1) is 19.9. The van der Waals surface area contributed by atoms with Crippen molar-refractivity contribution in [1.82, 2.24) is 9.88 Å². The van der Waals surface area contributed by atoms with E-state index in [0.717, 1.165) is 44.2 Å². The van der Waals surface area contributed by atoms with Crippen molar-refractivity contribution in [2.45, 2.75) is 19.4 Å². The van der Waals surface area contributed by atoms with Crippen LogP contribution in [0.5, 0.6) is 5.75 Å². The molecule has 1 saturated heterocycles. The summed E-state index contributed by atoms with van der Waals surface area (Å²) in [4.78, 5) is 9.48. The van der Waals surface area contributed by atoms with Gasteiger partial charge in [-0.3, -0.25) is 4.90 Å². The molecule has 1 aliphatic rings. The molecule has 6 heteroatoms. The maximum atomic E-state index is 5.48. The molecule has 4 nitrogen and oxygen atoms in total. The van der Waals surface area contributed by atoms with E-state index in [2.05, 4.69) is 51.4 Å². The molecule has 0 radical (unpaired) electrons. The van der Waals surface area contributed by atoms with Crippen LogP contribution in [0.15, 0.2) is 48.0 Å². The van der Waals surface area contributed by atoms with Crippen molar-refractivity contribution >= 4 is 39.6 Å². The van der Waals surface area contributed by atoms with Gasteiger partial charge in [0, 0.05) is 43.1 Å². The van der Waals surface area contributed by atoms with Crippen molar-refractivity contribution in [1.29, 1.82) is 0 Å². The molecule has 0 spiro atoms. The van der Waals surface area contributed by atoms with Crippen LogP contribution in [-0.4, -0.2) is 49.2 Å². The van der Waals surface area contributed by atoms with E-state index in [-0.39, 0.29) is 12.4 Å². The molecule has 1 aromatic carbocycles. The van der Waals surface area contributed by atoms with Crippen LogP contribution >= 0.6 is 23.7 Å². The summed E-state index contributed by atoms with van der Waals surface area (Å²) in [5, 5.41) is 3.74. The number of fused-ring (bicyclic) bond motifs is 1. The maximum Gasteiger partial charge on any atom is 0.171 e.